The van der Waals surface area contributed by atoms with E-state index in [4.69, 9.17) is 4.42 Å². The predicted octanol–water partition coefficient (Wildman–Crippen LogP) is 16.0. The normalized spacial score (nSPS) is 11.4. The van der Waals surface area contributed by atoms with Crippen molar-refractivity contribution in [2.75, 3.05) is 4.90 Å². The van der Waals surface area contributed by atoms with Crippen molar-refractivity contribution < 1.29 is 4.42 Å². The van der Waals surface area contributed by atoms with E-state index in [1.807, 2.05) is 12.1 Å². The molecule has 1 aromatic heterocycles. The summed E-state index contributed by atoms with van der Waals surface area (Å²) in [5.74, 6) is 0. The molecule has 0 unspecified atom stereocenters. The van der Waals surface area contributed by atoms with Crippen LogP contribution in [0.15, 0.2) is 229 Å². The van der Waals surface area contributed by atoms with Crippen molar-refractivity contribution in [2.24, 2.45) is 0 Å². The molecule has 0 aliphatic carbocycles. The van der Waals surface area contributed by atoms with Crippen LogP contribution in [0.4, 0.5) is 17.1 Å². The Bertz CT molecular complexity index is 3290. The lowest BCUT2D eigenvalue weighted by molar-refractivity contribution is 0.669. The summed E-state index contributed by atoms with van der Waals surface area (Å²) in [5, 5.41) is 7.18. The monoisotopic (exact) mass is 739 g/mol. The standard InChI is InChI=1S/C56H37NO/c1-2-14-40(15-3-1)50-21-8-10-23-53(50)57(46-32-29-39(30-33-46)43-27-25-38-13-4-5-16-42(38)35-43)47-18-12-17-44(36-47)48-19-6-7-20-49(48)45-28-26-41-31-34-55-56(52(41)37-45)51-22-9-11-24-54(51)58-55/h1-37H. The fourth-order valence-electron chi connectivity index (χ4n) is 8.64. The van der Waals surface area contributed by atoms with E-state index in [0.29, 0.717) is 0 Å². The van der Waals surface area contributed by atoms with Crippen molar-refractivity contribution in [2.45, 2.75) is 0 Å². The van der Waals surface area contributed by atoms with Gasteiger partial charge in [0.05, 0.1) is 5.69 Å². The van der Waals surface area contributed by atoms with Crippen molar-refractivity contribution >= 4 is 60.5 Å². The Morgan fingerprint density at radius 2 is 0.914 bits per heavy atom. The van der Waals surface area contributed by atoms with Crippen molar-refractivity contribution in [1.29, 1.82) is 0 Å². The lowest BCUT2D eigenvalue weighted by atomic mass is 9.92. The molecule has 0 N–H and O–H groups in total. The van der Waals surface area contributed by atoms with Gasteiger partial charge in [0.2, 0.25) is 0 Å². The van der Waals surface area contributed by atoms with Gasteiger partial charge in [0, 0.05) is 27.7 Å². The molecule has 0 atom stereocenters. The van der Waals surface area contributed by atoms with Crippen LogP contribution in [0.1, 0.15) is 0 Å². The van der Waals surface area contributed by atoms with E-state index in [9.17, 15) is 0 Å². The molecule has 2 nitrogen and oxygen atoms in total. The minimum atomic E-state index is 0.910. The third-order valence-electron chi connectivity index (χ3n) is 11.5. The first-order valence-electron chi connectivity index (χ1n) is 19.8. The lowest BCUT2D eigenvalue weighted by Gasteiger charge is -2.28. The number of para-hydroxylation sites is 2. The molecule has 0 saturated carbocycles. The summed E-state index contributed by atoms with van der Waals surface area (Å²) >= 11 is 0. The summed E-state index contributed by atoms with van der Waals surface area (Å²) in [6, 6.07) is 80.8. The average molecular weight is 740 g/mol. The zero-order valence-corrected chi connectivity index (χ0v) is 31.7. The summed E-state index contributed by atoms with van der Waals surface area (Å²) in [7, 11) is 0. The van der Waals surface area contributed by atoms with Crippen molar-refractivity contribution in [3.05, 3.63) is 224 Å². The van der Waals surface area contributed by atoms with Crippen LogP contribution in [-0.2, 0) is 0 Å². The van der Waals surface area contributed by atoms with Gasteiger partial charge in [-0.05, 0) is 115 Å². The molecular formula is C56H37NO. The lowest BCUT2D eigenvalue weighted by Crippen LogP contribution is -2.11. The van der Waals surface area contributed by atoms with E-state index in [1.54, 1.807) is 0 Å². The van der Waals surface area contributed by atoms with Gasteiger partial charge in [-0.15, -0.1) is 0 Å². The van der Waals surface area contributed by atoms with Gasteiger partial charge >= 0.3 is 0 Å². The molecule has 0 saturated heterocycles. The molecule has 1 heterocycles. The first kappa shape index (κ1) is 33.6. The molecule has 0 fully saturated rings. The predicted molar refractivity (Wildman–Crippen MR) is 245 cm³/mol. The molecule has 0 spiro atoms. The summed E-state index contributed by atoms with van der Waals surface area (Å²) in [6.45, 7) is 0. The van der Waals surface area contributed by atoms with Crippen LogP contribution in [0, 0.1) is 0 Å². The van der Waals surface area contributed by atoms with E-state index in [2.05, 4.69) is 217 Å². The molecule has 10 aromatic carbocycles. The van der Waals surface area contributed by atoms with Gasteiger partial charge in [0.1, 0.15) is 11.2 Å². The fraction of sp³-hybridized carbons (Fsp3) is 0. The summed E-state index contributed by atoms with van der Waals surface area (Å²) in [4.78, 5) is 2.40. The first-order valence-corrected chi connectivity index (χ1v) is 19.8. The third-order valence-corrected chi connectivity index (χ3v) is 11.5. The van der Waals surface area contributed by atoms with Crippen LogP contribution in [-0.4, -0.2) is 0 Å². The number of hydrogen-bond donors (Lipinski definition) is 0. The summed E-state index contributed by atoms with van der Waals surface area (Å²) < 4.78 is 6.28. The van der Waals surface area contributed by atoms with E-state index < -0.39 is 0 Å². The highest BCUT2D eigenvalue weighted by atomic mass is 16.3. The first-order chi connectivity index (χ1) is 28.7. The van der Waals surface area contributed by atoms with Crippen LogP contribution in [0.25, 0.3) is 88.0 Å². The topological polar surface area (TPSA) is 16.4 Å². The molecule has 0 aliphatic rings. The van der Waals surface area contributed by atoms with Gasteiger partial charge in [-0.25, -0.2) is 0 Å². The highest BCUT2D eigenvalue weighted by Crippen LogP contribution is 2.44. The van der Waals surface area contributed by atoms with Crippen LogP contribution >= 0.6 is 0 Å². The minimum Gasteiger partial charge on any atom is -0.456 e. The molecule has 0 amide bonds. The number of nitrogens with zero attached hydrogens (tertiary/aromatic N) is 1. The summed E-state index contributed by atoms with van der Waals surface area (Å²) in [5.41, 5.74) is 14.5. The molecule has 0 radical (unpaired) electrons. The second-order valence-electron chi connectivity index (χ2n) is 14.9. The second-order valence-corrected chi connectivity index (χ2v) is 14.9. The number of benzene rings is 10. The number of fused-ring (bicyclic) bond motifs is 6. The Morgan fingerprint density at radius 3 is 1.76 bits per heavy atom. The fourth-order valence-corrected chi connectivity index (χ4v) is 8.64. The minimum absolute atomic E-state index is 0.910. The zero-order valence-electron chi connectivity index (χ0n) is 31.7. The number of furan rings is 1. The van der Waals surface area contributed by atoms with E-state index in [-0.39, 0.29) is 0 Å². The Morgan fingerprint density at radius 1 is 0.293 bits per heavy atom. The highest BCUT2D eigenvalue weighted by Gasteiger charge is 2.19. The average Bonchev–Trinajstić information content (AvgIpc) is 3.69. The maximum Gasteiger partial charge on any atom is 0.136 e. The maximum absolute atomic E-state index is 6.28. The van der Waals surface area contributed by atoms with Crippen molar-refractivity contribution in [1.82, 2.24) is 0 Å². The molecule has 0 aliphatic heterocycles. The molecular weight excluding hydrogens is 703 g/mol. The molecule has 11 aromatic rings. The van der Waals surface area contributed by atoms with Gasteiger partial charge in [-0.2, -0.15) is 0 Å². The van der Waals surface area contributed by atoms with E-state index in [1.165, 1.54) is 60.5 Å². The Hall–Kier alpha value is -7.68. The largest absolute Gasteiger partial charge is 0.456 e. The molecule has 0 bridgehead atoms. The van der Waals surface area contributed by atoms with Gasteiger partial charge in [-0.1, -0.05) is 170 Å². The van der Waals surface area contributed by atoms with E-state index >= 15 is 0 Å². The molecule has 2 heteroatoms. The molecule has 272 valence electrons. The maximum atomic E-state index is 6.28. The smallest absolute Gasteiger partial charge is 0.136 e. The van der Waals surface area contributed by atoms with Crippen LogP contribution in [0.2, 0.25) is 0 Å². The number of anilines is 3. The van der Waals surface area contributed by atoms with Crippen molar-refractivity contribution in [3.8, 4) is 44.5 Å². The summed E-state index contributed by atoms with van der Waals surface area (Å²) in [6.07, 6.45) is 0. The van der Waals surface area contributed by atoms with Gasteiger partial charge in [0.25, 0.3) is 0 Å². The molecule has 11 rings (SSSR count). The van der Waals surface area contributed by atoms with Crippen molar-refractivity contribution in [3.63, 3.8) is 0 Å². The Labute approximate surface area is 337 Å². The SMILES string of the molecule is c1ccc(-c2ccccc2N(c2ccc(-c3ccc4ccccc4c3)cc2)c2cccc(-c3ccccc3-c3ccc4ccc5oc6ccccc6c5c4c3)c2)cc1. The highest BCUT2D eigenvalue weighted by molar-refractivity contribution is 6.19. The van der Waals surface area contributed by atoms with E-state index in [0.717, 1.165) is 44.6 Å². The molecule has 58 heavy (non-hydrogen) atoms. The second kappa shape index (κ2) is 14.1. The van der Waals surface area contributed by atoms with Gasteiger partial charge < -0.3 is 9.32 Å². The van der Waals surface area contributed by atoms with Crippen LogP contribution in [0.3, 0.4) is 0 Å². The Balaban J connectivity index is 1.04. The van der Waals surface area contributed by atoms with Crippen LogP contribution in [0.5, 0.6) is 0 Å². The zero-order chi connectivity index (χ0) is 38.4. The quantitative estimate of drug-likeness (QED) is 0.162. The number of hydrogen-bond acceptors (Lipinski definition) is 2. The van der Waals surface area contributed by atoms with Crippen LogP contribution < -0.4 is 4.90 Å². The third kappa shape index (κ3) is 5.91. The van der Waals surface area contributed by atoms with Gasteiger partial charge in [0.15, 0.2) is 0 Å². The number of rotatable bonds is 7. The van der Waals surface area contributed by atoms with Gasteiger partial charge in [-0.3, -0.25) is 0 Å². The Kier molecular flexibility index (Phi) is 8.19.